The summed E-state index contributed by atoms with van der Waals surface area (Å²) >= 11 is 0. The van der Waals surface area contributed by atoms with Gasteiger partial charge in [-0.2, -0.15) is 5.26 Å². The van der Waals surface area contributed by atoms with Crippen LogP contribution in [0.3, 0.4) is 0 Å². The minimum Gasteiger partial charge on any atom is -0.325 e. The SMILES string of the molecule is Cc1ccccc1NC(=O)CNCc1cccc(C#N)c1. The Morgan fingerprint density at radius 3 is 2.76 bits per heavy atom. The van der Waals surface area contributed by atoms with E-state index in [9.17, 15) is 4.79 Å². The second-order valence-electron chi connectivity index (χ2n) is 4.78. The standard InChI is InChI=1S/C17H17N3O/c1-13-5-2-3-8-16(13)20-17(21)12-19-11-15-7-4-6-14(9-15)10-18/h2-9,19H,11-12H2,1H3,(H,20,21). The van der Waals surface area contributed by atoms with Crippen molar-refractivity contribution in [2.75, 3.05) is 11.9 Å². The van der Waals surface area contributed by atoms with Crippen molar-refractivity contribution in [2.24, 2.45) is 0 Å². The molecule has 2 N–H and O–H groups in total. The van der Waals surface area contributed by atoms with E-state index in [1.807, 2.05) is 49.4 Å². The van der Waals surface area contributed by atoms with E-state index in [1.165, 1.54) is 0 Å². The van der Waals surface area contributed by atoms with E-state index in [2.05, 4.69) is 16.7 Å². The Morgan fingerprint density at radius 2 is 2.00 bits per heavy atom. The number of hydrogen-bond donors (Lipinski definition) is 2. The predicted molar refractivity (Wildman–Crippen MR) is 82.7 cm³/mol. The van der Waals surface area contributed by atoms with Crippen molar-refractivity contribution in [3.8, 4) is 6.07 Å². The van der Waals surface area contributed by atoms with E-state index in [-0.39, 0.29) is 12.5 Å². The maximum atomic E-state index is 11.9. The Balaban J connectivity index is 1.82. The molecule has 0 unspecified atom stereocenters. The molecule has 106 valence electrons. The highest BCUT2D eigenvalue weighted by Crippen LogP contribution is 2.12. The molecule has 4 nitrogen and oxygen atoms in total. The molecule has 0 aromatic heterocycles. The zero-order valence-electron chi connectivity index (χ0n) is 11.9. The second-order valence-corrected chi connectivity index (χ2v) is 4.78. The number of para-hydroxylation sites is 1. The lowest BCUT2D eigenvalue weighted by molar-refractivity contribution is -0.115. The topological polar surface area (TPSA) is 64.9 Å². The van der Waals surface area contributed by atoms with Gasteiger partial charge in [-0.25, -0.2) is 0 Å². The van der Waals surface area contributed by atoms with E-state index < -0.39 is 0 Å². The fraction of sp³-hybridized carbons (Fsp3) is 0.176. The number of nitrogens with one attached hydrogen (secondary N) is 2. The Labute approximate surface area is 124 Å². The normalized spacial score (nSPS) is 9.90. The summed E-state index contributed by atoms with van der Waals surface area (Å²) in [4.78, 5) is 11.9. The first-order chi connectivity index (χ1) is 10.2. The quantitative estimate of drug-likeness (QED) is 0.884. The van der Waals surface area contributed by atoms with Gasteiger partial charge in [-0.15, -0.1) is 0 Å². The molecule has 4 heteroatoms. The third-order valence-corrected chi connectivity index (χ3v) is 3.09. The molecule has 1 amide bonds. The number of carbonyl (C=O) groups is 1. The van der Waals surface area contributed by atoms with Crippen LogP contribution >= 0.6 is 0 Å². The molecule has 0 aliphatic carbocycles. The fourth-order valence-electron chi connectivity index (χ4n) is 1.98. The summed E-state index contributed by atoms with van der Waals surface area (Å²) in [6.07, 6.45) is 0. The smallest absolute Gasteiger partial charge is 0.238 e. The first-order valence-electron chi connectivity index (χ1n) is 6.74. The number of anilines is 1. The van der Waals surface area contributed by atoms with Crippen LogP contribution in [-0.2, 0) is 11.3 Å². The average Bonchev–Trinajstić information content (AvgIpc) is 2.50. The second kappa shape index (κ2) is 7.22. The van der Waals surface area contributed by atoms with Crippen LogP contribution in [0.15, 0.2) is 48.5 Å². The number of hydrogen-bond acceptors (Lipinski definition) is 3. The number of nitriles is 1. The van der Waals surface area contributed by atoms with Gasteiger partial charge in [0.05, 0.1) is 18.2 Å². The molecule has 0 aliphatic heterocycles. The highest BCUT2D eigenvalue weighted by atomic mass is 16.1. The molecule has 21 heavy (non-hydrogen) atoms. The van der Waals surface area contributed by atoms with E-state index >= 15 is 0 Å². The van der Waals surface area contributed by atoms with Crippen LogP contribution in [0.4, 0.5) is 5.69 Å². The van der Waals surface area contributed by atoms with Crippen LogP contribution in [0.5, 0.6) is 0 Å². The van der Waals surface area contributed by atoms with Gasteiger partial charge < -0.3 is 10.6 Å². The molecule has 0 heterocycles. The van der Waals surface area contributed by atoms with Crippen molar-refractivity contribution in [1.29, 1.82) is 5.26 Å². The van der Waals surface area contributed by atoms with E-state index in [0.29, 0.717) is 12.1 Å². The van der Waals surface area contributed by atoms with Crippen LogP contribution in [-0.4, -0.2) is 12.5 Å². The molecule has 0 aliphatic rings. The highest BCUT2D eigenvalue weighted by molar-refractivity contribution is 5.92. The molecule has 0 atom stereocenters. The number of aryl methyl sites for hydroxylation is 1. The third-order valence-electron chi connectivity index (χ3n) is 3.09. The number of carbonyl (C=O) groups excluding carboxylic acids is 1. The van der Waals surface area contributed by atoms with E-state index in [1.54, 1.807) is 6.07 Å². The van der Waals surface area contributed by atoms with Gasteiger partial charge in [0.2, 0.25) is 5.91 Å². The van der Waals surface area contributed by atoms with E-state index in [4.69, 9.17) is 5.26 Å². The highest BCUT2D eigenvalue weighted by Gasteiger charge is 2.04. The summed E-state index contributed by atoms with van der Waals surface area (Å²) in [6.45, 7) is 2.73. The molecule has 0 saturated carbocycles. The van der Waals surface area contributed by atoms with Gasteiger partial charge in [0.1, 0.15) is 0 Å². The molecule has 0 fully saturated rings. The molecule has 0 saturated heterocycles. The molecular weight excluding hydrogens is 262 g/mol. The molecule has 0 bridgehead atoms. The lowest BCUT2D eigenvalue weighted by Crippen LogP contribution is -2.27. The summed E-state index contributed by atoms with van der Waals surface area (Å²) in [5.41, 5.74) is 3.47. The van der Waals surface area contributed by atoms with Gasteiger partial charge in [0, 0.05) is 12.2 Å². The molecular formula is C17H17N3O. The monoisotopic (exact) mass is 279 g/mol. The Bertz CT molecular complexity index is 674. The zero-order chi connectivity index (χ0) is 15.1. The first-order valence-corrected chi connectivity index (χ1v) is 6.74. The summed E-state index contributed by atoms with van der Waals surface area (Å²) in [5.74, 6) is -0.0827. The molecule has 2 aromatic carbocycles. The molecule has 0 radical (unpaired) electrons. The van der Waals surface area contributed by atoms with Crippen molar-refractivity contribution in [1.82, 2.24) is 5.32 Å². The Kier molecular flexibility index (Phi) is 5.08. The number of amides is 1. The van der Waals surface area contributed by atoms with Gasteiger partial charge in [-0.3, -0.25) is 4.79 Å². The Hall–Kier alpha value is -2.64. The summed E-state index contributed by atoms with van der Waals surface area (Å²) in [7, 11) is 0. The van der Waals surface area contributed by atoms with Gasteiger partial charge in [0.25, 0.3) is 0 Å². The van der Waals surface area contributed by atoms with Crippen molar-refractivity contribution in [3.63, 3.8) is 0 Å². The average molecular weight is 279 g/mol. The lowest BCUT2D eigenvalue weighted by Gasteiger charge is -2.09. The van der Waals surface area contributed by atoms with Gasteiger partial charge >= 0.3 is 0 Å². The van der Waals surface area contributed by atoms with Crippen LogP contribution in [0, 0.1) is 18.3 Å². The maximum Gasteiger partial charge on any atom is 0.238 e. The summed E-state index contributed by atoms with van der Waals surface area (Å²) in [6, 6.07) is 17.1. The fourth-order valence-corrected chi connectivity index (χ4v) is 1.98. The first kappa shape index (κ1) is 14.8. The van der Waals surface area contributed by atoms with Gasteiger partial charge in [-0.1, -0.05) is 30.3 Å². The predicted octanol–water partition coefficient (Wildman–Crippen LogP) is 2.60. The minimum absolute atomic E-state index is 0.0827. The van der Waals surface area contributed by atoms with Crippen molar-refractivity contribution in [3.05, 3.63) is 65.2 Å². The van der Waals surface area contributed by atoms with Crippen LogP contribution in [0.1, 0.15) is 16.7 Å². The summed E-state index contributed by atoms with van der Waals surface area (Å²) < 4.78 is 0. The van der Waals surface area contributed by atoms with Gasteiger partial charge in [0.15, 0.2) is 0 Å². The van der Waals surface area contributed by atoms with Crippen LogP contribution in [0.2, 0.25) is 0 Å². The molecule has 2 aromatic rings. The van der Waals surface area contributed by atoms with Crippen LogP contribution in [0.25, 0.3) is 0 Å². The minimum atomic E-state index is -0.0827. The van der Waals surface area contributed by atoms with E-state index in [0.717, 1.165) is 16.8 Å². The van der Waals surface area contributed by atoms with Crippen LogP contribution < -0.4 is 10.6 Å². The summed E-state index contributed by atoms with van der Waals surface area (Å²) in [5, 5.41) is 14.8. The van der Waals surface area contributed by atoms with Crippen molar-refractivity contribution >= 4 is 11.6 Å². The van der Waals surface area contributed by atoms with Gasteiger partial charge in [-0.05, 0) is 36.2 Å². The molecule has 0 spiro atoms. The zero-order valence-corrected chi connectivity index (χ0v) is 11.9. The molecule has 2 rings (SSSR count). The maximum absolute atomic E-state index is 11.9. The number of nitrogens with zero attached hydrogens (tertiary/aromatic N) is 1. The van der Waals surface area contributed by atoms with Crippen molar-refractivity contribution < 1.29 is 4.79 Å². The number of rotatable bonds is 5. The van der Waals surface area contributed by atoms with Crippen molar-refractivity contribution in [2.45, 2.75) is 13.5 Å². The Morgan fingerprint density at radius 1 is 1.19 bits per heavy atom. The number of benzene rings is 2. The third kappa shape index (κ3) is 4.44. The lowest BCUT2D eigenvalue weighted by atomic mass is 10.1. The largest absolute Gasteiger partial charge is 0.325 e.